The molecule has 136 valence electrons. The first-order chi connectivity index (χ1) is 12.3. The van der Waals surface area contributed by atoms with Crippen LogP contribution in [0.25, 0.3) is 5.65 Å². The van der Waals surface area contributed by atoms with E-state index >= 15 is 0 Å². The van der Waals surface area contributed by atoms with Gasteiger partial charge in [0.2, 0.25) is 0 Å². The minimum atomic E-state index is -4.53. The summed E-state index contributed by atoms with van der Waals surface area (Å²) in [5.41, 5.74) is 0.482. The van der Waals surface area contributed by atoms with Crippen molar-refractivity contribution in [3.05, 3.63) is 64.6 Å². The molecular weight excluding hydrogens is 367 g/mol. The zero-order valence-electron chi connectivity index (χ0n) is 13.8. The van der Waals surface area contributed by atoms with Crippen LogP contribution in [0.2, 0.25) is 5.02 Å². The molecule has 0 spiro atoms. The Balaban J connectivity index is 2.01. The molecule has 0 unspecified atom stereocenters. The van der Waals surface area contributed by atoms with Crippen molar-refractivity contribution in [3.63, 3.8) is 0 Å². The highest BCUT2D eigenvalue weighted by Crippen LogP contribution is 2.34. The Hall–Kier alpha value is -2.54. The lowest BCUT2D eigenvalue weighted by Gasteiger charge is -2.12. The van der Waals surface area contributed by atoms with Crippen molar-refractivity contribution in [3.8, 4) is 0 Å². The van der Waals surface area contributed by atoms with E-state index in [4.69, 9.17) is 11.6 Å². The molecule has 2 heterocycles. The van der Waals surface area contributed by atoms with E-state index in [0.717, 1.165) is 24.6 Å². The second-order valence-electron chi connectivity index (χ2n) is 5.73. The number of carbonyl (C=O) groups excluding carboxylic acids is 1. The van der Waals surface area contributed by atoms with Crippen molar-refractivity contribution in [1.29, 1.82) is 0 Å². The van der Waals surface area contributed by atoms with Crippen LogP contribution >= 0.6 is 11.6 Å². The maximum absolute atomic E-state index is 12.9. The van der Waals surface area contributed by atoms with Crippen molar-refractivity contribution < 1.29 is 18.0 Å². The van der Waals surface area contributed by atoms with Crippen LogP contribution in [0.15, 0.2) is 42.6 Å². The Morgan fingerprint density at radius 2 is 2.04 bits per heavy atom. The highest BCUT2D eigenvalue weighted by molar-refractivity contribution is 6.34. The molecule has 3 rings (SSSR count). The number of benzene rings is 1. The minimum Gasteiger partial charge on any atom is -0.319 e. The minimum absolute atomic E-state index is 0.0252. The number of aromatic nitrogens is 2. The number of rotatable bonds is 4. The van der Waals surface area contributed by atoms with Gasteiger partial charge in [0.05, 0.1) is 22.0 Å². The maximum Gasteiger partial charge on any atom is 0.416 e. The molecule has 1 aromatic carbocycles. The maximum atomic E-state index is 12.9. The van der Waals surface area contributed by atoms with E-state index in [2.05, 4.69) is 10.3 Å². The summed E-state index contributed by atoms with van der Waals surface area (Å²) in [5, 5.41) is 2.51. The molecule has 0 aliphatic heterocycles. The number of carbonyl (C=O) groups is 1. The SMILES string of the molecule is CCCc1nc2ccccn2c1C(=O)Nc1cc(C(F)(F)F)ccc1Cl. The number of hydrogen-bond donors (Lipinski definition) is 1. The lowest BCUT2D eigenvalue weighted by molar-refractivity contribution is -0.137. The van der Waals surface area contributed by atoms with Crippen LogP contribution < -0.4 is 5.32 Å². The van der Waals surface area contributed by atoms with Gasteiger partial charge in [-0.1, -0.05) is 31.0 Å². The van der Waals surface area contributed by atoms with Gasteiger partial charge in [0.1, 0.15) is 11.3 Å². The molecule has 2 aromatic heterocycles. The molecule has 0 radical (unpaired) electrons. The van der Waals surface area contributed by atoms with Crippen molar-refractivity contribution in [2.45, 2.75) is 25.9 Å². The fourth-order valence-electron chi connectivity index (χ4n) is 2.67. The molecular formula is C18H15ClF3N3O. The van der Waals surface area contributed by atoms with Crippen LogP contribution in [-0.2, 0) is 12.6 Å². The van der Waals surface area contributed by atoms with Crippen molar-refractivity contribution >= 4 is 28.8 Å². The lowest BCUT2D eigenvalue weighted by atomic mass is 10.1. The van der Waals surface area contributed by atoms with Gasteiger partial charge in [-0.15, -0.1) is 0 Å². The molecule has 0 aliphatic rings. The normalized spacial score (nSPS) is 11.7. The molecule has 1 amide bonds. The summed E-state index contributed by atoms with van der Waals surface area (Å²) in [4.78, 5) is 17.2. The van der Waals surface area contributed by atoms with E-state index in [1.165, 1.54) is 0 Å². The Labute approximate surface area is 152 Å². The first-order valence-corrected chi connectivity index (χ1v) is 8.33. The number of nitrogens with one attached hydrogen (secondary N) is 1. The number of pyridine rings is 1. The van der Waals surface area contributed by atoms with Gasteiger partial charge in [0, 0.05) is 6.20 Å². The van der Waals surface area contributed by atoms with Crippen LogP contribution in [-0.4, -0.2) is 15.3 Å². The van der Waals surface area contributed by atoms with E-state index in [9.17, 15) is 18.0 Å². The summed E-state index contributed by atoms with van der Waals surface area (Å²) in [6, 6.07) is 8.11. The average molecular weight is 382 g/mol. The zero-order valence-corrected chi connectivity index (χ0v) is 14.5. The standard InChI is InChI=1S/C18H15ClF3N3O/c1-2-5-13-16(25-9-4-3-6-15(25)23-13)17(26)24-14-10-11(18(20,21)22)7-8-12(14)19/h3-4,6-10H,2,5H2,1H3,(H,24,26). The Morgan fingerprint density at radius 3 is 2.73 bits per heavy atom. The third-order valence-electron chi connectivity index (χ3n) is 3.85. The van der Waals surface area contributed by atoms with Crippen molar-refractivity contribution in [2.75, 3.05) is 5.32 Å². The number of imidazole rings is 1. The smallest absolute Gasteiger partial charge is 0.319 e. The number of fused-ring (bicyclic) bond motifs is 1. The largest absolute Gasteiger partial charge is 0.416 e. The van der Waals surface area contributed by atoms with Crippen LogP contribution in [0.3, 0.4) is 0 Å². The Bertz CT molecular complexity index is 966. The molecule has 26 heavy (non-hydrogen) atoms. The van der Waals surface area contributed by atoms with Crippen molar-refractivity contribution in [2.24, 2.45) is 0 Å². The predicted molar refractivity (Wildman–Crippen MR) is 93.6 cm³/mol. The molecule has 0 bridgehead atoms. The summed E-state index contributed by atoms with van der Waals surface area (Å²) in [6.07, 6.45) is -1.50. The monoisotopic (exact) mass is 381 g/mol. The highest BCUT2D eigenvalue weighted by Gasteiger charge is 2.31. The topological polar surface area (TPSA) is 46.4 Å². The number of aryl methyl sites for hydroxylation is 1. The van der Waals surface area contributed by atoms with Crippen LogP contribution in [0.5, 0.6) is 0 Å². The average Bonchev–Trinajstić information content (AvgIpc) is 2.94. The summed E-state index contributed by atoms with van der Waals surface area (Å²) in [6.45, 7) is 1.95. The number of alkyl halides is 3. The van der Waals surface area contributed by atoms with Crippen molar-refractivity contribution in [1.82, 2.24) is 9.38 Å². The number of halogens is 4. The summed E-state index contributed by atoms with van der Waals surface area (Å²) >= 11 is 5.97. The van der Waals surface area contributed by atoms with E-state index in [0.29, 0.717) is 17.8 Å². The fourth-order valence-corrected chi connectivity index (χ4v) is 2.84. The molecule has 8 heteroatoms. The second kappa shape index (κ2) is 6.99. The van der Waals surface area contributed by atoms with E-state index < -0.39 is 17.6 Å². The third-order valence-corrected chi connectivity index (χ3v) is 4.18. The molecule has 0 atom stereocenters. The number of anilines is 1. The van der Waals surface area contributed by atoms with Gasteiger partial charge in [-0.05, 0) is 36.8 Å². The van der Waals surface area contributed by atoms with E-state index in [-0.39, 0.29) is 16.4 Å². The number of amides is 1. The van der Waals surface area contributed by atoms with E-state index in [1.807, 2.05) is 6.92 Å². The number of nitrogens with zero attached hydrogens (tertiary/aromatic N) is 2. The molecule has 1 N–H and O–H groups in total. The summed E-state index contributed by atoms with van der Waals surface area (Å²) in [7, 11) is 0. The highest BCUT2D eigenvalue weighted by atomic mass is 35.5. The van der Waals surface area contributed by atoms with E-state index in [1.54, 1.807) is 28.8 Å². The second-order valence-corrected chi connectivity index (χ2v) is 6.14. The third kappa shape index (κ3) is 3.53. The van der Waals surface area contributed by atoms with Gasteiger partial charge in [-0.2, -0.15) is 13.2 Å². The zero-order chi connectivity index (χ0) is 18.9. The molecule has 4 nitrogen and oxygen atoms in total. The van der Waals surface area contributed by atoms with Gasteiger partial charge >= 0.3 is 6.18 Å². The van der Waals surface area contributed by atoms with Crippen LogP contribution in [0, 0.1) is 0 Å². The Kier molecular flexibility index (Phi) is 4.91. The lowest BCUT2D eigenvalue weighted by Crippen LogP contribution is -2.17. The summed E-state index contributed by atoms with van der Waals surface area (Å²) < 4.78 is 40.4. The fraction of sp³-hybridized carbons (Fsp3) is 0.222. The van der Waals surface area contributed by atoms with Gasteiger partial charge < -0.3 is 5.32 Å². The quantitative estimate of drug-likeness (QED) is 0.674. The molecule has 0 saturated heterocycles. The summed E-state index contributed by atoms with van der Waals surface area (Å²) in [5.74, 6) is -0.562. The van der Waals surface area contributed by atoms with Gasteiger partial charge in [0.15, 0.2) is 0 Å². The van der Waals surface area contributed by atoms with Crippen LogP contribution in [0.4, 0.5) is 18.9 Å². The molecule has 0 saturated carbocycles. The van der Waals surface area contributed by atoms with Gasteiger partial charge in [-0.25, -0.2) is 4.98 Å². The van der Waals surface area contributed by atoms with Crippen LogP contribution in [0.1, 0.15) is 35.1 Å². The molecule has 3 aromatic rings. The first-order valence-electron chi connectivity index (χ1n) is 7.95. The predicted octanol–water partition coefficient (Wildman–Crippen LogP) is 5.21. The van der Waals surface area contributed by atoms with Gasteiger partial charge in [0.25, 0.3) is 5.91 Å². The Morgan fingerprint density at radius 1 is 1.27 bits per heavy atom. The first kappa shape index (κ1) is 18.3. The molecule has 0 aliphatic carbocycles. The molecule has 0 fully saturated rings. The number of hydrogen-bond acceptors (Lipinski definition) is 2. The van der Waals surface area contributed by atoms with Gasteiger partial charge in [-0.3, -0.25) is 9.20 Å².